The number of nitrogens with zero attached hydrogens (tertiary/aromatic N) is 3. The van der Waals surface area contributed by atoms with Crippen molar-refractivity contribution in [2.24, 2.45) is 0 Å². The second-order valence-corrected chi connectivity index (χ2v) is 5.95. The highest BCUT2D eigenvalue weighted by Crippen LogP contribution is 2.25. The van der Waals surface area contributed by atoms with E-state index in [-0.39, 0.29) is 28.4 Å². The molecule has 1 aromatic heterocycles. The number of nitro groups is 1. The van der Waals surface area contributed by atoms with E-state index in [1.807, 2.05) is 6.92 Å². The van der Waals surface area contributed by atoms with Crippen molar-refractivity contribution in [2.45, 2.75) is 25.5 Å². The SMILES string of the molecule is Cc1nc(N)nc(NCCC(C)S(C)=O)c1[N+](=O)[O-]. The zero-order valence-electron chi connectivity index (χ0n) is 11.0. The summed E-state index contributed by atoms with van der Waals surface area (Å²) in [7, 11) is -0.922. The summed E-state index contributed by atoms with van der Waals surface area (Å²) < 4.78 is 11.2. The van der Waals surface area contributed by atoms with Gasteiger partial charge in [-0.15, -0.1) is 0 Å². The van der Waals surface area contributed by atoms with Gasteiger partial charge in [0.2, 0.25) is 11.8 Å². The lowest BCUT2D eigenvalue weighted by Crippen LogP contribution is -2.16. The molecule has 106 valence electrons. The van der Waals surface area contributed by atoms with Gasteiger partial charge in [-0.1, -0.05) is 6.92 Å². The first-order valence-corrected chi connectivity index (χ1v) is 7.29. The Morgan fingerprint density at radius 3 is 2.68 bits per heavy atom. The third-order valence-electron chi connectivity index (χ3n) is 2.67. The van der Waals surface area contributed by atoms with Crippen LogP contribution >= 0.6 is 0 Å². The molecule has 0 fully saturated rings. The molecule has 0 aromatic carbocycles. The molecule has 0 spiro atoms. The molecule has 2 atom stereocenters. The van der Waals surface area contributed by atoms with Crippen LogP contribution in [0.3, 0.4) is 0 Å². The minimum absolute atomic E-state index is 0.00633. The van der Waals surface area contributed by atoms with Crippen LogP contribution in [0, 0.1) is 17.0 Å². The van der Waals surface area contributed by atoms with Gasteiger partial charge < -0.3 is 11.1 Å². The van der Waals surface area contributed by atoms with Crippen molar-refractivity contribution in [1.29, 1.82) is 0 Å². The predicted molar refractivity (Wildman–Crippen MR) is 74.5 cm³/mol. The second kappa shape index (κ2) is 6.41. The highest BCUT2D eigenvalue weighted by atomic mass is 32.2. The smallest absolute Gasteiger partial charge is 0.332 e. The Kier molecular flexibility index (Phi) is 5.16. The molecule has 1 rings (SSSR count). The quantitative estimate of drug-likeness (QED) is 0.586. The molecule has 0 amide bonds. The summed E-state index contributed by atoms with van der Waals surface area (Å²) in [6, 6.07) is 0. The Bertz CT molecular complexity index is 508. The van der Waals surface area contributed by atoms with E-state index in [9.17, 15) is 14.3 Å². The van der Waals surface area contributed by atoms with Crippen molar-refractivity contribution in [3.05, 3.63) is 15.8 Å². The Labute approximate surface area is 113 Å². The van der Waals surface area contributed by atoms with E-state index in [0.717, 1.165) is 0 Å². The monoisotopic (exact) mass is 287 g/mol. The van der Waals surface area contributed by atoms with Crippen molar-refractivity contribution in [3.63, 3.8) is 0 Å². The number of nitrogen functional groups attached to an aromatic ring is 1. The summed E-state index contributed by atoms with van der Waals surface area (Å²) in [6.07, 6.45) is 2.24. The highest BCUT2D eigenvalue weighted by molar-refractivity contribution is 7.84. The summed E-state index contributed by atoms with van der Waals surface area (Å²) in [5.74, 6) is 0.0850. The fourth-order valence-electron chi connectivity index (χ4n) is 1.49. The number of hydrogen-bond donors (Lipinski definition) is 2. The minimum Gasteiger partial charge on any atom is -0.368 e. The number of aryl methyl sites for hydroxylation is 1. The molecular weight excluding hydrogens is 270 g/mol. The molecule has 0 saturated carbocycles. The molecule has 1 heterocycles. The molecule has 8 nitrogen and oxygen atoms in total. The lowest BCUT2D eigenvalue weighted by Gasteiger charge is -2.10. The van der Waals surface area contributed by atoms with Gasteiger partial charge >= 0.3 is 5.69 Å². The molecule has 0 aliphatic heterocycles. The Morgan fingerprint density at radius 1 is 1.53 bits per heavy atom. The topological polar surface area (TPSA) is 124 Å². The van der Waals surface area contributed by atoms with Crippen LogP contribution in [0.1, 0.15) is 19.0 Å². The largest absolute Gasteiger partial charge is 0.368 e. The van der Waals surface area contributed by atoms with Crippen LogP contribution in [0.15, 0.2) is 0 Å². The van der Waals surface area contributed by atoms with Gasteiger partial charge in [-0.3, -0.25) is 14.3 Å². The Hall–Kier alpha value is -1.77. The zero-order chi connectivity index (χ0) is 14.6. The number of rotatable bonds is 6. The van der Waals surface area contributed by atoms with E-state index in [4.69, 9.17) is 5.73 Å². The Balaban J connectivity index is 2.83. The van der Waals surface area contributed by atoms with Crippen molar-refractivity contribution in [3.8, 4) is 0 Å². The van der Waals surface area contributed by atoms with Crippen LogP contribution in [0.2, 0.25) is 0 Å². The first-order valence-electron chi connectivity index (χ1n) is 5.67. The molecule has 9 heteroatoms. The summed E-state index contributed by atoms with van der Waals surface area (Å²) in [5, 5.41) is 13.8. The first kappa shape index (κ1) is 15.3. The van der Waals surface area contributed by atoms with Gasteiger partial charge in [0.15, 0.2) is 0 Å². The van der Waals surface area contributed by atoms with Crippen molar-refractivity contribution < 1.29 is 9.13 Å². The molecule has 1 aromatic rings. The predicted octanol–water partition coefficient (Wildman–Crippen LogP) is 0.844. The van der Waals surface area contributed by atoms with Gasteiger partial charge in [0.1, 0.15) is 5.69 Å². The van der Waals surface area contributed by atoms with Crippen molar-refractivity contribution >= 4 is 28.3 Å². The van der Waals surface area contributed by atoms with E-state index >= 15 is 0 Å². The van der Waals surface area contributed by atoms with Crippen LogP contribution in [0.4, 0.5) is 17.5 Å². The molecule has 3 N–H and O–H groups in total. The number of aromatic nitrogens is 2. The molecular formula is C10H17N5O3S. The average molecular weight is 287 g/mol. The van der Waals surface area contributed by atoms with Crippen LogP contribution in [-0.4, -0.2) is 37.2 Å². The van der Waals surface area contributed by atoms with Gasteiger partial charge in [0, 0.05) is 28.9 Å². The van der Waals surface area contributed by atoms with Gasteiger partial charge in [-0.2, -0.15) is 4.98 Å². The van der Waals surface area contributed by atoms with Crippen LogP contribution < -0.4 is 11.1 Å². The van der Waals surface area contributed by atoms with E-state index in [2.05, 4.69) is 15.3 Å². The van der Waals surface area contributed by atoms with Crippen LogP contribution in [-0.2, 0) is 10.8 Å². The van der Waals surface area contributed by atoms with Gasteiger partial charge in [-0.05, 0) is 13.3 Å². The fourth-order valence-corrected chi connectivity index (χ4v) is 1.94. The highest BCUT2D eigenvalue weighted by Gasteiger charge is 2.21. The lowest BCUT2D eigenvalue weighted by atomic mass is 10.3. The fraction of sp³-hybridized carbons (Fsp3) is 0.600. The van der Waals surface area contributed by atoms with E-state index in [1.165, 1.54) is 6.92 Å². The molecule has 0 radical (unpaired) electrons. The normalized spacial score (nSPS) is 13.8. The van der Waals surface area contributed by atoms with Gasteiger partial charge in [0.05, 0.1) is 4.92 Å². The molecule has 0 aliphatic rings. The third kappa shape index (κ3) is 4.12. The summed E-state index contributed by atoms with van der Waals surface area (Å²) in [4.78, 5) is 18.0. The summed E-state index contributed by atoms with van der Waals surface area (Å²) in [6.45, 7) is 3.79. The molecule has 19 heavy (non-hydrogen) atoms. The molecule has 2 unspecified atom stereocenters. The van der Waals surface area contributed by atoms with Crippen molar-refractivity contribution in [2.75, 3.05) is 23.9 Å². The number of nitrogens with one attached hydrogen (secondary N) is 1. The van der Waals surface area contributed by atoms with Gasteiger partial charge in [0.25, 0.3) is 0 Å². The summed E-state index contributed by atoms with van der Waals surface area (Å²) >= 11 is 0. The second-order valence-electron chi connectivity index (χ2n) is 4.15. The molecule has 0 bridgehead atoms. The van der Waals surface area contributed by atoms with E-state index in [1.54, 1.807) is 6.26 Å². The number of hydrogen-bond acceptors (Lipinski definition) is 7. The van der Waals surface area contributed by atoms with Gasteiger partial charge in [-0.25, -0.2) is 4.98 Å². The maximum absolute atomic E-state index is 11.2. The first-order chi connectivity index (χ1) is 8.82. The van der Waals surface area contributed by atoms with Crippen LogP contribution in [0.5, 0.6) is 0 Å². The standard InChI is InChI=1S/C10H17N5O3S/c1-6(19(3)18)4-5-12-9-8(15(16)17)7(2)13-10(11)14-9/h6H,4-5H2,1-3H3,(H3,11,12,13,14). The van der Waals surface area contributed by atoms with E-state index < -0.39 is 15.7 Å². The maximum Gasteiger partial charge on any atom is 0.332 e. The van der Waals surface area contributed by atoms with E-state index in [0.29, 0.717) is 13.0 Å². The van der Waals surface area contributed by atoms with Crippen LogP contribution in [0.25, 0.3) is 0 Å². The third-order valence-corrected chi connectivity index (χ3v) is 4.04. The number of anilines is 2. The van der Waals surface area contributed by atoms with Crippen molar-refractivity contribution in [1.82, 2.24) is 9.97 Å². The molecule has 0 saturated heterocycles. The lowest BCUT2D eigenvalue weighted by molar-refractivity contribution is -0.385. The Morgan fingerprint density at radius 2 is 2.16 bits per heavy atom. The number of nitrogens with two attached hydrogens (primary N) is 1. The average Bonchev–Trinajstić information content (AvgIpc) is 2.26. The maximum atomic E-state index is 11.2. The molecule has 0 aliphatic carbocycles. The summed E-state index contributed by atoms with van der Waals surface area (Å²) in [5.41, 5.74) is 5.51. The minimum atomic E-state index is -0.922. The zero-order valence-corrected chi connectivity index (χ0v) is 11.9.